The summed E-state index contributed by atoms with van der Waals surface area (Å²) in [5.74, 6) is -1.62. The molecule has 112 valence electrons. The lowest BCUT2D eigenvalue weighted by Crippen LogP contribution is -2.15. The largest absolute Gasteiger partial charge is 0.324 e. The van der Waals surface area contributed by atoms with Crippen molar-refractivity contribution in [2.24, 2.45) is 5.73 Å². The third kappa shape index (κ3) is 3.48. The highest BCUT2D eigenvalue weighted by Gasteiger charge is 2.14. The summed E-state index contributed by atoms with van der Waals surface area (Å²) in [5.41, 5.74) is 10.0. The molecule has 0 heterocycles. The zero-order valence-corrected chi connectivity index (χ0v) is 12.5. The molecule has 0 bridgehead atoms. The van der Waals surface area contributed by atoms with E-state index in [2.05, 4.69) is 26.0 Å². The molecule has 0 aromatic heterocycles. The van der Waals surface area contributed by atoms with E-state index in [1.165, 1.54) is 17.2 Å². The fraction of sp³-hybridized carbons (Fsp3) is 0.333. The highest BCUT2D eigenvalue weighted by Crippen LogP contribution is 2.22. The van der Waals surface area contributed by atoms with Crippen molar-refractivity contribution in [1.29, 1.82) is 0 Å². The molecule has 1 atom stereocenters. The lowest BCUT2D eigenvalue weighted by molar-refractivity contribution is 0.494. The first-order valence-corrected chi connectivity index (χ1v) is 7.37. The Morgan fingerprint density at radius 2 is 1.67 bits per heavy atom. The fourth-order valence-corrected chi connectivity index (χ4v) is 2.61. The van der Waals surface area contributed by atoms with Crippen LogP contribution in [0.5, 0.6) is 0 Å². The maximum atomic E-state index is 13.7. The van der Waals surface area contributed by atoms with Crippen molar-refractivity contribution >= 4 is 0 Å². The minimum Gasteiger partial charge on any atom is -0.324 e. The van der Waals surface area contributed by atoms with E-state index < -0.39 is 11.6 Å². The van der Waals surface area contributed by atoms with Gasteiger partial charge in [-0.15, -0.1) is 0 Å². The molecule has 0 saturated carbocycles. The second kappa shape index (κ2) is 6.81. The van der Waals surface area contributed by atoms with Crippen molar-refractivity contribution in [3.63, 3.8) is 0 Å². The maximum Gasteiger partial charge on any atom is 0.162 e. The topological polar surface area (TPSA) is 26.0 Å². The lowest BCUT2D eigenvalue weighted by atomic mass is 9.94. The molecule has 2 aromatic carbocycles. The normalized spacial score (nSPS) is 12.4. The van der Waals surface area contributed by atoms with E-state index in [0.29, 0.717) is 5.56 Å². The first kappa shape index (κ1) is 15.6. The van der Waals surface area contributed by atoms with Crippen molar-refractivity contribution in [1.82, 2.24) is 0 Å². The van der Waals surface area contributed by atoms with Gasteiger partial charge in [0.15, 0.2) is 11.6 Å². The molecule has 0 amide bonds. The van der Waals surface area contributed by atoms with E-state index in [9.17, 15) is 8.78 Å². The van der Waals surface area contributed by atoms with Crippen LogP contribution in [-0.2, 0) is 19.3 Å². The summed E-state index contributed by atoms with van der Waals surface area (Å²) in [5, 5.41) is 0. The van der Waals surface area contributed by atoms with Gasteiger partial charge in [-0.25, -0.2) is 8.78 Å². The predicted octanol–water partition coefficient (Wildman–Crippen LogP) is 4.33. The molecule has 0 fully saturated rings. The van der Waals surface area contributed by atoms with Crippen molar-refractivity contribution in [2.45, 2.75) is 39.2 Å². The molecule has 2 rings (SSSR count). The highest BCUT2D eigenvalue weighted by atomic mass is 19.2. The van der Waals surface area contributed by atoms with Crippen LogP contribution in [0.15, 0.2) is 36.4 Å². The second-order valence-electron chi connectivity index (χ2n) is 5.26. The minimum atomic E-state index is -0.824. The monoisotopic (exact) mass is 289 g/mol. The van der Waals surface area contributed by atoms with E-state index in [4.69, 9.17) is 5.73 Å². The van der Waals surface area contributed by atoms with Crippen molar-refractivity contribution in [3.8, 4) is 0 Å². The van der Waals surface area contributed by atoms with Gasteiger partial charge in [0.05, 0.1) is 0 Å². The highest BCUT2D eigenvalue weighted by molar-refractivity contribution is 5.34. The molecule has 0 aliphatic rings. The molecule has 0 aliphatic carbocycles. The Kier molecular flexibility index (Phi) is 5.07. The average molecular weight is 289 g/mol. The SMILES string of the molecule is CCc1ccc(C(N)Cc2cccc(F)c2F)cc1CC. The van der Waals surface area contributed by atoms with Crippen LogP contribution in [0.25, 0.3) is 0 Å². The number of halogens is 2. The number of nitrogens with two attached hydrogens (primary N) is 1. The Bertz CT molecular complexity index is 623. The molecule has 2 N–H and O–H groups in total. The number of hydrogen-bond acceptors (Lipinski definition) is 1. The zero-order valence-electron chi connectivity index (χ0n) is 12.5. The summed E-state index contributed by atoms with van der Waals surface area (Å²) < 4.78 is 26.9. The van der Waals surface area contributed by atoms with Gasteiger partial charge in [-0.05, 0) is 47.6 Å². The van der Waals surface area contributed by atoms with Gasteiger partial charge in [0, 0.05) is 6.04 Å². The van der Waals surface area contributed by atoms with Crippen LogP contribution in [0.4, 0.5) is 8.78 Å². The Morgan fingerprint density at radius 3 is 2.33 bits per heavy atom. The molecule has 0 saturated heterocycles. The molecule has 0 spiro atoms. The van der Waals surface area contributed by atoms with Crippen LogP contribution in [0.3, 0.4) is 0 Å². The number of rotatable bonds is 5. The number of benzene rings is 2. The number of hydrogen-bond donors (Lipinski definition) is 1. The van der Waals surface area contributed by atoms with Gasteiger partial charge in [-0.1, -0.05) is 44.2 Å². The summed E-state index contributed by atoms with van der Waals surface area (Å²) >= 11 is 0. The van der Waals surface area contributed by atoms with Crippen molar-refractivity contribution in [3.05, 3.63) is 70.3 Å². The molecular formula is C18H21F2N. The summed E-state index contributed by atoms with van der Waals surface area (Å²) in [6.07, 6.45) is 2.22. The fourth-order valence-electron chi connectivity index (χ4n) is 2.61. The maximum absolute atomic E-state index is 13.7. The van der Waals surface area contributed by atoms with Gasteiger partial charge < -0.3 is 5.73 Å². The first-order chi connectivity index (χ1) is 10.1. The first-order valence-electron chi connectivity index (χ1n) is 7.37. The molecule has 1 unspecified atom stereocenters. The Labute approximate surface area is 124 Å². The molecule has 3 heteroatoms. The third-order valence-electron chi connectivity index (χ3n) is 3.89. The molecule has 1 nitrogen and oxygen atoms in total. The van der Waals surface area contributed by atoms with Gasteiger partial charge in [-0.2, -0.15) is 0 Å². The van der Waals surface area contributed by atoms with Crippen molar-refractivity contribution < 1.29 is 8.78 Å². The summed E-state index contributed by atoms with van der Waals surface area (Å²) in [7, 11) is 0. The molecule has 0 aliphatic heterocycles. The van der Waals surface area contributed by atoms with Crippen molar-refractivity contribution in [2.75, 3.05) is 0 Å². The standard InChI is InChI=1S/C18H21F2N/c1-3-12-8-9-14(10-13(12)4-2)17(21)11-15-6-5-7-16(19)18(15)20/h5-10,17H,3-4,11,21H2,1-2H3. The average Bonchev–Trinajstić information content (AvgIpc) is 2.51. The van der Waals surface area contributed by atoms with Crippen LogP contribution in [0.1, 0.15) is 42.1 Å². The lowest BCUT2D eigenvalue weighted by Gasteiger charge is -2.16. The van der Waals surface area contributed by atoms with E-state index in [-0.39, 0.29) is 12.5 Å². The summed E-state index contributed by atoms with van der Waals surface area (Å²) in [6.45, 7) is 4.23. The quantitative estimate of drug-likeness (QED) is 0.871. The van der Waals surface area contributed by atoms with E-state index in [1.54, 1.807) is 6.07 Å². The molecule has 0 radical (unpaired) electrons. The van der Waals surface area contributed by atoms with Crippen LogP contribution in [-0.4, -0.2) is 0 Å². The minimum absolute atomic E-state index is 0.290. The predicted molar refractivity (Wildman–Crippen MR) is 82.2 cm³/mol. The number of aryl methyl sites for hydroxylation is 2. The van der Waals surface area contributed by atoms with E-state index in [1.807, 2.05) is 6.07 Å². The smallest absolute Gasteiger partial charge is 0.162 e. The van der Waals surface area contributed by atoms with E-state index >= 15 is 0 Å². The van der Waals surface area contributed by atoms with Crippen LogP contribution >= 0.6 is 0 Å². The van der Waals surface area contributed by atoms with Gasteiger partial charge in [0.25, 0.3) is 0 Å². The molecule has 2 aromatic rings. The van der Waals surface area contributed by atoms with E-state index in [0.717, 1.165) is 24.5 Å². The Morgan fingerprint density at radius 1 is 0.952 bits per heavy atom. The Balaban J connectivity index is 2.24. The zero-order chi connectivity index (χ0) is 15.4. The molecular weight excluding hydrogens is 268 g/mol. The van der Waals surface area contributed by atoms with Gasteiger partial charge in [0.1, 0.15) is 0 Å². The van der Waals surface area contributed by atoms with Gasteiger partial charge in [-0.3, -0.25) is 0 Å². The van der Waals surface area contributed by atoms with Gasteiger partial charge in [0.2, 0.25) is 0 Å². The third-order valence-corrected chi connectivity index (χ3v) is 3.89. The second-order valence-corrected chi connectivity index (χ2v) is 5.26. The van der Waals surface area contributed by atoms with Crippen LogP contribution in [0.2, 0.25) is 0 Å². The summed E-state index contributed by atoms with van der Waals surface area (Å²) in [6, 6.07) is 10.0. The van der Waals surface area contributed by atoms with Gasteiger partial charge >= 0.3 is 0 Å². The Hall–Kier alpha value is -1.74. The summed E-state index contributed by atoms with van der Waals surface area (Å²) in [4.78, 5) is 0. The molecule has 21 heavy (non-hydrogen) atoms. The van der Waals surface area contributed by atoms with Crippen LogP contribution in [0, 0.1) is 11.6 Å². The van der Waals surface area contributed by atoms with Crippen LogP contribution < -0.4 is 5.73 Å².